The van der Waals surface area contributed by atoms with Crippen LogP contribution < -0.4 is 5.32 Å². The quantitative estimate of drug-likeness (QED) is 0.560. The molecule has 0 unspecified atom stereocenters. The first-order valence-electron chi connectivity index (χ1n) is 9.01. The van der Waals surface area contributed by atoms with Crippen molar-refractivity contribution < 1.29 is 0 Å². The van der Waals surface area contributed by atoms with Crippen LogP contribution in [0.3, 0.4) is 0 Å². The van der Waals surface area contributed by atoms with Crippen molar-refractivity contribution in [2.45, 2.75) is 26.9 Å². The van der Waals surface area contributed by atoms with Gasteiger partial charge in [-0.25, -0.2) is 9.67 Å². The molecular formula is C21H26N6. The Bertz CT molecular complexity index is 896. The number of guanidine groups is 1. The first-order chi connectivity index (χ1) is 13.1. The summed E-state index contributed by atoms with van der Waals surface area (Å²) in [6.07, 6.45) is 1.88. The second-order valence-corrected chi connectivity index (χ2v) is 6.61. The molecule has 140 valence electrons. The number of nitrogens with one attached hydrogen (secondary N) is 1. The van der Waals surface area contributed by atoms with Gasteiger partial charge in [-0.15, -0.1) is 0 Å². The van der Waals surface area contributed by atoms with Crippen LogP contribution in [0.1, 0.15) is 22.5 Å². The summed E-state index contributed by atoms with van der Waals surface area (Å²) in [5.74, 6) is 1.68. The van der Waals surface area contributed by atoms with E-state index in [4.69, 9.17) is 0 Å². The Labute approximate surface area is 160 Å². The van der Waals surface area contributed by atoms with Gasteiger partial charge < -0.3 is 10.2 Å². The Morgan fingerprint density at radius 1 is 1.11 bits per heavy atom. The first kappa shape index (κ1) is 18.6. The second kappa shape index (κ2) is 8.49. The summed E-state index contributed by atoms with van der Waals surface area (Å²) in [5, 5.41) is 7.87. The van der Waals surface area contributed by atoms with E-state index in [2.05, 4.69) is 55.6 Å². The summed E-state index contributed by atoms with van der Waals surface area (Å²) in [6, 6.07) is 16.5. The van der Waals surface area contributed by atoms with E-state index in [0.717, 1.165) is 35.3 Å². The number of rotatable bonds is 5. The molecule has 0 amide bonds. The number of nitrogens with zero attached hydrogens (tertiary/aromatic N) is 5. The zero-order valence-electron chi connectivity index (χ0n) is 16.3. The summed E-state index contributed by atoms with van der Waals surface area (Å²) < 4.78 is 1.86. The van der Waals surface area contributed by atoms with Crippen LogP contribution in [0.5, 0.6) is 0 Å². The molecule has 0 aliphatic carbocycles. The summed E-state index contributed by atoms with van der Waals surface area (Å²) in [6.45, 7) is 5.48. The fraction of sp³-hybridized carbons (Fsp3) is 0.286. The number of aliphatic imine (C=N–C) groups is 1. The molecule has 0 saturated heterocycles. The van der Waals surface area contributed by atoms with Gasteiger partial charge in [-0.1, -0.05) is 36.4 Å². The SMILES string of the molecule is CN=C(NCc1ccc(-n2nc(C)cc2C)nc1)N(C)Cc1ccccc1. The average Bonchev–Trinajstić information content (AvgIpc) is 3.01. The minimum absolute atomic E-state index is 0.663. The van der Waals surface area contributed by atoms with Gasteiger partial charge >= 0.3 is 0 Å². The largest absolute Gasteiger partial charge is 0.352 e. The lowest BCUT2D eigenvalue weighted by Gasteiger charge is -2.22. The molecule has 0 fully saturated rings. The topological polar surface area (TPSA) is 58.3 Å². The number of hydrogen-bond acceptors (Lipinski definition) is 3. The lowest BCUT2D eigenvalue weighted by molar-refractivity contribution is 0.476. The highest BCUT2D eigenvalue weighted by atomic mass is 15.3. The van der Waals surface area contributed by atoms with Crippen molar-refractivity contribution in [1.82, 2.24) is 25.0 Å². The normalized spacial score (nSPS) is 11.5. The van der Waals surface area contributed by atoms with E-state index in [1.807, 2.05) is 50.0 Å². The molecule has 1 aromatic carbocycles. The monoisotopic (exact) mass is 362 g/mol. The molecule has 0 aliphatic rings. The molecule has 2 heterocycles. The predicted molar refractivity (Wildman–Crippen MR) is 109 cm³/mol. The zero-order chi connectivity index (χ0) is 19.2. The molecular weight excluding hydrogens is 336 g/mol. The Morgan fingerprint density at radius 3 is 2.48 bits per heavy atom. The van der Waals surface area contributed by atoms with Crippen molar-refractivity contribution >= 4 is 5.96 Å². The number of aromatic nitrogens is 3. The van der Waals surface area contributed by atoms with Crippen molar-refractivity contribution in [3.8, 4) is 5.82 Å². The Hall–Kier alpha value is -3.15. The highest BCUT2D eigenvalue weighted by Gasteiger charge is 2.08. The van der Waals surface area contributed by atoms with Gasteiger partial charge in [0.05, 0.1) is 5.69 Å². The number of pyridine rings is 1. The highest BCUT2D eigenvalue weighted by Crippen LogP contribution is 2.10. The molecule has 3 rings (SSSR count). The Kier molecular flexibility index (Phi) is 5.86. The molecule has 0 bridgehead atoms. The van der Waals surface area contributed by atoms with E-state index < -0.39 is 0 Å². The lowest BCUT2D eigenvalue weighted by atomic mass is 10.2. The fourth-order valence-electron chi connectivity index (χ4n) is 3.01. The maximum atomic E-state index is 4.55. The van der Waals surface area contributed by atoms with Crippen molar-refractivity contribution in [3.05, 3.63) is 77.2 Å². The minimum atomic E-state index is 0.663. The average molecular weight is 362 g/mol. The highest BCUT2D eigenvalue weighted by molar-refractivity contribution is 5.79. The summed E-state index contributed by atoms with van der Waals surface area (Å²) in [7, 11) is 3.83. The van der Waals surface area contributed by atoms with Crippen LogP contribution in [0.2, 0.25) is 0 Å². The molecule has 0 atom stereocenters. The van der Waals surface area contributed by atoms with Crippen LogP contribution in [0.4, 0.5) is 0 Å². The fourth-order valence-corrected chi connectivity index (χ4v) is 3.01. The van der Waals surface area contributed by atoms with Crippen molar-refractivity contribution in [2.24, 2.45) is 4.99 Å². The van der Waals surface area contributed by atoms with E-state index in [1.165, 1.54) is 5.56 Å². The summed E-state index contributed by atoms with van der Waals surface area (Å²) >= 11 is 0. The molecule has 0 spiro atoms. The smallest absolute Gasteiger partial charge is 0.193 e. The molecule has 0 aliphatic heterocycles. The van der Waals surface area contributed by atoms with Gasteiger partial charge in [0.25, 0.3) is 0 Å². The van der Waals surface area contributed by atoms with Gasteiger partial charge in [0.1, 0.15) is 0 Å². The van der Waals surface area contributed by atoms with E-state index in [1.54, 1.807) is 7.05 Å². The van der Waals surface area contributed by atoms with Crippen LogP contribution in [-0.4, -0.2) is 39.7 Å². The van der Waals surface area contributed by atoms with Gasteiger partial charge in [-0.2, -0.15) is 5.10 Å². The van der Waals surface area contributed by atoms with Crippen molar-refractivity contribution in [3.63, 3.8) is 0 Å². The number of aryl methyl sites for hydroxylation is 2. The Morgan fingerprint density at radius 2 is 1.89 bits per heavy atom. The third kappa shape index (κ3) is 4.73. The maximum Gasteiger partial charge on any atom is 0.193 e. The van der Waals surface area contributed by atoms with Crippen LogP contribution >= 0.6 is 0 Å². The molecule has 6 nitrogen and oxygen atoms in total. The molecule has 0 saturated carbocycles. The zero-order valence-corrected chi connectivity index (χ0v) is 16.3. The number of hydrogen-bond donors (Lipinski definition) is 1. The van der Waals surface area contributed by atoms with E-state index in [9.17, 15) is 0 Å². The molecule has 1 N–H and O–H groups in total. The summed E-state index contributed by atoms with van der Waals surface area (Å²) in [4.78, 5) is 11.0. The van der Waals surface area contributed by atoms with Gasteiger partial charge in [0.2, 0.25) is 0 Å². The van der Waals surface area contributed by atoms with E-state index in [-0.39, 0.29) is 0 Å². The first-order valence-corrected chi connectivity index (χ1v) is 9.01. The predicted octanol–water partition coefficient (Wildman–Crippen LogP) is 3.09. The summed E-state index contributed by atoms with van der Waals surface area (Å²) in [5.41, 5.74) is 4.41. The molecule has 27 heavy (non-hydrogen) atoms. The van der Waals surface area contributed by atoms with Gasteiger partial charge in [-0.05, 0) is 37.1 Å². The standard InChI is InChI=1S/C21H26N6/c1-16-12-17(2)27(25-16)20-11-10-19(13-23-20)14-24-21(22-3)26(4)15-18-8-6-5-7-9-18/h5-13H,14-15H2,1-4H3,(H,22,24). The minimum Gasteiger partial charge on any atom is -0.352 e. The van der Waals surface area contributed by atoms with Crippen LogP contribution in [-0.2, 0) is 13.1 Å². The second-order valence-electron chi connectivity index (χ2n) is 6.61. The number of benzene rings is 1. The third-order valence-electron chi connectivity index (χ3n) is 4.32. The molecule has 6 heteroatoms. The Balaban J connectivity index is 1.60. The van der Waals surface area contributed by atoms with Crippen LogP contribution in [0.15, 0.2) is 59.7 Å². The molecule has 0 radical (unpaired) electrons. The van der Waals surface area contributed by atoms with Gasteiger partial charge in [0.15, 0.2) is 11.8 Å². The molecule has 3 aromatic rings. The van der Waals surface area contributed by atoms with Crippen LogP contribution in [0, 0.1) is 13.8 Å². The third-order valence-corrected chi connectivity index (χ3v) is 4.32. The van der Waals surface area contributed by atoms with E-state index >= 15 is 0 Å². The van der Waals surface area contributed by atoms with Crippen molar-refractivity contribution in [1.29, 1.82) is 0 Å². The van der Waals surface area contributed by atoms with E-state index in [0.29, 0.717) is 6.54 Å². The van der Waals surface area contributed by atoms with Gasteiger partial charge in [-0.3, -0.25) is 4.99 Å². The lowest BCUT2D eigenvalue weighted by Crippen LogP contribution is -2.38. The maximum absolute atomic E-state index is 4.55. The van der Waals surface area contributed by atoms with Crippen LogP contribution in [0.25, 0.3) is 5.82 Å². The van der Waals surface area contributed by atoms with Gasteiger partial charge in [0, 0.05) is 39.1 Å². The van der Waals surface area contributed by atoms with Crippen molar-refractivity contribution in [2.75, 3.05) is 14.1 Å². The molecule has 2 aromatic heterocycles.